The highest BCUT2D eigenvalue weighted by atomic mass is 19.4. The van der Waals surface area contributed by atoms with Gasteiger partial charge in [0.1, 0.15) is 22.9 Å². The minimum atomic E-state index is -4.65. The zero-order chi connectivity index (χ0) is 23.3. The van der Waals surface area contributed by atoms with E-state index in [1.807, 2.05) is 0 Å². The van der Waals surface area contributed by atoms with Crippen LogP contribution in [0.15, 0.2) is 36.7 Å². The van der Waals surface area contributed by atoms with Crippen LogP contribution in [0.25, 0.3) is 5.69 Å². The van der Waals surface area contributed by atoms with Gasteiger partial charge in [0.15, 0.2) is 0 Å². The Morgan fingerprint density at radius 3 is 2.61 bits per heavy atom. The third-order valence-corrected chi connectivity index (χ3v) is 6.07. The molecule has 0 N–H and O–H groups in total. The molecule has 2 saturated heterocycles. The average molecular weight is 461 g/mol. The molecule has 8 nitrogen and oxygen atoms in total. The van der Waals surface area contributed by atoms with Gasteiger partial charge < -0.3 is 9.80 Å². The minimum Gasteiger partial charge on any atom is -0.351 e. The summed E-state index contributed by atoms with van der Waals surface area (Å²) in [5.41, 5.74) is 0.288. The molecule has 172 valence electrons. The van der Waals surface area contributed by atoms with Gasteiger partial charge in [-0.3, -0.25) is 4.79 Å². The fourth-order valence-corrected chi connectivity index (χ4v) is 4.46. The molecule has 0 bridgehead atoms. The van der Waals surface area contributed by atoms with Crippen LogP contribution in [0.4, 0.5) is 23.4 Å². The maximum absolute atomic E-state index is 14.7. The molecule has 2 atom stereocenters. The Hall–Kier alpha value is -3.57. The second-order valence-electron chi connectivity index (χ2n) is 8.16. The Morgan fingerprint density at radius 1 is 1.12 bits per heavy atom. The predicted octanol–water partition coefficient (Wildman–Crippen LogP) is 2.87. The normalized spacial score (nSPS) is 20.4. The summed E-state index contributed by atoms with van der Waals surface area (Å²) in [6.45, 7) is 2.69. The molecule has 0 spiro atoms. The fraction of sp³-hybridized carbons (Fsp3) is 0.381. The van der Waals surface area contributed by atoms with E-state index >= 15 is 0 Å². The van der Waals surface area contributed by atoms with Crippen LogP contribution in [-0.2, 0) is 6.18 Å². The molecule has 4 heterocycles. The van der Waals surface area contributed by atoms with Crippen molar-refractivity contribution in [3.63, 3.8) is 0 Å². The third kappa shape index (κ3) is 3.79. The molecule has 2 aliphatic rings. The Balaban J connectivity index is 1.41. The number of carbonyl (C=O) groups is 1. The number of carbonyl (C=O) groups excluding carboxylic acids is 1. The number of hydrogen-bond donors (Lipinski definition) is 0. The lowest BCUT2D eigenvalue weighted by Gasteiger charge is -2.54. The molecule has 0 radical (unpaired) electrons. The maximum atomic E-state index is 14.7. The van der Waals surface area contributed by atoms with E-state index in [1.54, 1.807) is 11.0 Å². The summed E-state index contributed by atoms with van der Waals surface area (Å²) in [6, 6.07) is 5.52. The van der Waals surface area contributed by atoms with Crippen molar-refractivity contribution in [1.82, 2.24) is 29.9 Å². The molecule has 3 aromatic rings. The number of nitrogens with zero attached hydrogens (tertiary/aromatic N) is 7. The van der Waals surface area contributed by atoms with E-state index in [9.17, 15) is 22.4 Å². The van der Waals surface area contributed by atoms with Gasteiger partial charge in [-0.15, -0.1) is 0 Å². The van der Waals surface area contributed by atoms with E-state index in [0.717, 1.165) is 0 Å². The van der Waals surface area contributed by atoms with E-state index in [2.05, 4.69) is 20.2 Å². The summed E-state index contributed by atoms with van der Waals surface area (Å²) in [5, 5.41) is 7.99. The number of rotatable bonds is 3. The van der Waals surface area contributed by atoms with Gasteiger partial charge >= 0.3 is 6.18 Å². The van der Waals surface area contributed by atoms with Gasteiger partial charge in [0, 0.05) is 37.3 Å². The van der Waals surface area contributed by atoms with Gasteiger partial charge in [-0.25, -0.2) is 14.4 Å². The number of amides is 1. The quantitative estimate of drug-likeness (QED) is 0.558. The Labute approximate surface area is 185 Å². The lowest BCUT2D eigenvalue weighted by molar-refractivity contribution is -0.145. The van der Waals surface area contributed by atoms with Crippen molar-refractivity contribution in [3.05, 3.63) is 59.6 Å². The van der Waals surface area contributed by atoms with E-state index in [0.29, 0.717) is 19.5 Å². The number of aryl methyl sites for hydroxylation is 1. The number of benzene rings is 1. The molecule has 0 aliphatic carbocycles. The SMILES string of the molecule is Cc1cc(N2C[C@@H]3CCN(C(=O)c4c(F)cccc4-n4nccn4)C[C@@H]32)nc(C(F)(F)F)n1. The monoisotopic (exact) mass is 461 g/mol. The van der Waals surface area contributed by atoms with Gasteiger partial charge in [0.05, 0.1) is 18.4 Å². The number of piperidine rings is 1. The van der Waals surface area contributed by atoms with Gasteiger partial charge in [0.25, 0.3) is 5.91 Å². The van der Waals surface area contributed by atoms with Crippen molar-refractivity contribution in [1.29, 1.82) is 0 Å². The Morgan fingerprint density at radius 2 is 1.88 bits per heavy atom. The number of anilines is 1. The number of halogens is 4. The van der Waals surface area contributed by atoms with Crippen molar-refractivity contribution in [3.8, 4) is 5.69 Å². The largest absolute Gasteiger partial charge is 0.451 e. The Bertz CT molecular complexity index is 1200. The lowest BCUT2D eigenvalue weighted by atomic mass is 9.82. The van der Waals surface area contributed by atoms with Crippen LogP contribution in [-0.4, -0.2) is 61.4 Å². The molecular weight excluding hydrogens is 442 g/mol. The molecule has 5 rings (SSSR count). The number of aromatic nitrogens is 5. The minimum absolute atomic E-state index is 0.143. The topological polar surface area (TPSA) is 80.0 Å². The smallest absolute Gasteiger partial charge is 0.351 e. The van der Waals surface area contributed by atoms with Crippen molar-refractivity contribution < 1.29 is 22.4 Å². The second-order valence-corrected chi connectivity index (χ2v) is 8.16. The molecule has 1 amide bonds. The molecule has 12 heteroatoms. The number of fused-ring (bicyclic) bond motifs is 1. The molecule has 1 aromatic carbocycles. The van der Waals surface area contributed by atoms with Crippen LogP contribution in [0, 0.1) is 18.7 Å². The number of hydrogen-bond acceptors (Lipinski definition) is 6. The first kappa shape index (κ1) is 21.3. The highest BCUT2D eigenvalue weighted by Gasteiger charge is 2.45. The van der Waals surface area contributed by atoms with Crippen LogP contribution in [0.3, 0.4) is 0 Å². The summed E-state index contributed by atoms with van der Waals surface area (Å²) < 4.78 is 54.2. The first-order valence-electron chi connectivity index (χ1n) is 10.4. The van der Waals surface area contributed by atoms with Crippen molar-refractivity contribution >= 4 is 11.7 Å². The highest BCUT2D eigenvalue weighted by Crippen LogP contribution is 2.38. The summed E-state index contributed by atoms with van der Waals surface area (Å²) in [5.74, 6) is -2.00. The van der Waals surface area contributed by atoms with Crippen molar-refractivity contribution in [2.75, 3.05) is 24.5 Å². The number of alkyl halides is 3. The van der Waals surface area contributed by atoms with Gasteiger partial charge in [0.2, 0.25) is 5.82 Å². The standard InChI is InChI=1S/C21H19F4N7O/c1-12-9-17(29-20(28-12)21(23,24)25)31-10-13-5-8-30(11-16(13)31)19(33)18-14(22)3-2-4-15(18)32-26-6-7-27-32/h2-4,6-7,9,13,16H,5,8,10-11H2,1H3/t13-,16-/m0/s1. The molecule has 0 saturated carbocycles. The summed E-state index contributed by atoms with van der Waals surface area (Å²) in [7, 11) is 0. The zero-order valence-electron chi connectivity index (χ0n) is 17.5. The summed E-state index contributed by atoms with van der Waals surface area (Å²) >= 11 is 0. The van der Waals surface area contributed by atoms with Crippen molar-refractivity contribution in [2.45, 2.75) is 25.6 Å². The molecule has 2 fully saturated rings. The van der Waals surface area contributed by atoms with Gasteiger partial charge in [-0.1, -0.05) is 6.07 Å². The maximum Gasteiger partial charge on any atom is 0.451 e. The Kier molecular flexibility index (Phi) is 5.02. The van der Waals surface area contributed by atoms with E-state index in [1.165, 1.54) is 47.2 Å². The second kappa shape index (κ2) is 7.78. The zero-order valence-corrected chi connectivity index (χ0v) is 17.5. The molecule has 0 unspecified atom stereocenters. The van der Waals surface area contributed by atoms with E-state index < -0.39 is 23.7 Å². The van der Waals surface area contributed by atoms with Gasteiger partial charge in [-0.05, 0) is 25.5 Å². The van der Waals surface area contributed by atoms with E-state index in [-0.39, 0.29) is 41.3 Å². The molecule has 2 aromatic heterocycles. The molecule has 2 aliphatic heterocycles. The number of likely N-dealkylation sites (tertiary alicyclic amines) is 1. The first-order valence-corrected chi connectivity index (χ1v) is 10.4. The third-order valence-electron chi connectivity index (χ3n) is 6.07. The van der Waals surface area contributed by atoms with Crippen molar-refractivity contribution in [2.24, 2.45) is 5.92 Å². The molecule has 33 heavy (non-hydrogen) atoms. The molecular formula is C21H19F4N7O. The van der Waals surface area contributed by atoms with E-state index in [4.69, 9.17) is 0 Å². The highest BCUT2D eigenvalue weighted by molar-refractivity contribution is 5.98. The van der Waals surface area contributed by atoms with Crippen LogP contribution in [0.1, 0.15) is 28.3 Å². The van der Waals surface area contributed by atoms with Crippen LogP contribution >= 0.6 is 0 Å². The average Bonchev–Trinajstić information content (AvgIpc) is 3.28. The predicted molar refractivity (Wildman–Crippen MR) is 108 cm³/mol. The van der Waals surface area contributed by atoms with Crippen LogP contribution < -0.4 is 4.90 Å². The van der Waals surface area contributed by atoms with Gasteiger partial charge in [-0.2, -0.15) is 28.2 Å². The first-order chi connectivity index (χ1) is 15.7. The fourth-order valence-electron chi connectivity index (χ4n) is 4.46. The lowest BCUT2D eigenvalue weighted by Crippen LogP contribution is -2.65. The van der Waals surface area contributed by atoms with Crippen LogP contribution in [0.2, 0.25) is 0 Å². The summed E-state index contributed by atoms with van der Waals surface area (Å²) in [6.07, 6.45) is -1.14. The van der Waals surface area contributed by atoms with Crippen LogP contribution in [0.5, 0.6) is 0 Å². The summed E-state index contributed by atoms with van der Waals surface area (Å²) in [4.78, 5) is 25.0.